The van der Waals surface area contributed by atoms with Crippen LogP contribution in [0.4, 0.5) is 8.78 Å². The van der Waals surface area contributed by atoms with Gasteiger partial charge in [-0.1, -0.05) is 18.9 Å². The van der Waals surface area contributed by atoms with Gasteiger partial charge in [-0.2, -0.15) is 0 Å². The average Bonchev–Trinajstić information content (AvgIpc) is 2.79. The van der Waals surface area contributed by atoms with Crippen LogP contribution < -0.4 is 5.32 Å². The fourth-order valence-electron chi connectivity index (χ4n) is 3.59. The number of halogens is 2. The van der Waals surface area contributed by atoms with Gasteiger partial charge >= 0.3 is 0 Å². The van der Waals surface area contributed by atoms with Crippen molar-refractivity contribution in [1.29, 1.82) is 0 Å². The highest BCUT2D eigenvalue weighted by Gasteiger charge is 2.45. The Balaban J connectivity index is 1.80. The molecule has 18 heavy (non-hydrogen) atoms. The lowest BCUT2D eigenvalue weighted by Crippen LogP contribution is -2.58. The summed E-state index contributed by atoms with van der Waals surface area (Å²) < 4.78 is 26.7. The summed E-state index contributed by atoms with van der Waals surface area (Å²) >= 11 is 0. The van der Waals surface area contributed by atoms with Crippen LogP contribution in [-0.4, -0.2) is 13.1 Å². The quantitative estimate of drug-likeness (QED) is 0.869. The molecule has 1 aliphatic heterocycles. The molecule has 3 heteroatoms. The van der Waals surface area contributed by atoms with Crippen molar-refractivity contribution in [3.05, 3.63) is 35.4 Å². The molecule has 0 atom stereocenters. The number of nitrogens with one attached hydrogen (secondary N) is 1. The van der Waals surface area contributed by atoms with E-state index in [9.17, 15) is 8.78 Å². The van der Waals surface area contributed by atoms with Gasteiger partial charge in [0, 0.05) is 24.6 Å². The first-order valence-electron chi connectivity index (χ1n) is 6.84. The Labute approximate surface area is 107 Å². The maximum atomic E-state index is 13.8. The molecule has 0 bridgehead atoms. The van der Waals surface area contributed by atoms with Crippen molar-refractivity contribution in [1.82, 2.24) is 5.32 Å². The zero-order valence-electron chi connectivity index (χ0n) is 10.5. The predicted molar refractivity (Wildman–Crippen MR) is 67.3 cm³/mol. The Morgan fingerprint density at radius 1 is 1.17 bits per heavy atom. The van der Waals surface area contributed by atoms with Crippen molar-refractivity contribution in [2.75, 3.05) is 13.1 Å². The van der Waals surface area contributed by atoms with E-state index >= 15 is 0 Å². The van der Waals surface area contributed by atoms with Crippen molar-refractivity contribution in [2.24, 2.45) is 11.3 Å². The number of rotatable bonds is 3. The van der Waals surface area contributed by atoms with Gasteiger partial charge in [-0.05, 0) is 36.8 Å². The molecule has 0 amide bonds. The van der Waals surface area contributed by atoms with Crippen LogP contribution in [0.5, 0.6) is 0 Å². The molecule has 1 aliphatic carbocycles. The molecule has 0 radical (unpaired) electrons. The first-order valence-corrected chi connectivity index (χ1v) is 6.84. The lowest BCUT2D eigenvalue weighted by atomic mass is 9.66. The zero-order valence-corrected chi connectivity index (χ0v) is 10.5. The van der Waals surface area contributed by atoms with Crippen molar-refractivity contribution in [2.45, 2.75) is 32.1 Å². The van der Waals surface area contributed by atoms with E-state index in [0.29, 0.717) is 11.5 Å². The molecule has 98 valence electrons. The molecule has 1 aromatic rings. The van der Waals surface area contributed by atoms with Crippen LogP contribution in [0.25, 0.3) is 0 Å². The minimum atomic E-state index is -0.488. The molecular weight excluding hydrogens is 232 g/mol. The molecule has 1 heterocycles. The van der Waals surface area contributed by atoms with E-state index < -0.39 is 5.82 Å². The first kappa shape index (κ1) is 12.1. The van der Waals surface area contributed by atoms with Gasteiger partial charge in [-0.15, -0.1) is 0 Å². The van der Waals surface area contributed by atoms with Crippen molar-refractivity contribution >= 4 is 0 Å². The standard InChI is InChI=1S/C15H19F2N/c16-13-6-5-11(14(17)7-13)8-15(9-18-10-15)12-3-1-2-4-12/h5-7,12,18H,1-4,8-10H2. The van der Waals surface area contributed by atoms with Crippen LogP contribution in [-0.2, 0) is 6.42 Å². The van der Waals surface area contributed by atoms with Crippen LogP contribution in [0.15, 0.2) is 18.2 Å². The van der Waals surface area contributed by atoms with Crippen LogP contribution in [0.3, 0.4) is 0 Å². The summed E-state index contributed by atoms with van der Waals surface area (Å²) in [6.07, 6.45) is 5.89. The molecule has 2 fully saturated rings. The second-order valence-corrected chi connectivity index (χ2v) is 5.86. The summed E-state index contributed by atoms with van der Waals surface area (Å²) in [5.41, 5.74) is 0.889. The van der Waals surface area contributed by atoms with Gasteiger partial charge in [0.1, 0.15) is 11.6 Å². The maximum absolute atomic E-state index is 13.8. The van der Waals surface area contributed by atoms with Crippen LogP contribution >= 0.6 is 0 Å². The highest BCUT2D eigenvalue weighted by atomic mass is 19.1. The Hall–Kier alpha value is -0.960. The van der Waals surface area contributed by atoms with E-state index in [0.717, 1.165) is 25.6 Å². The molecule has 3 rings (SSSR count). The average molecular weight is 251 g/mol. The minimum Gasteiger partial charge on any atom is -0.315 e. The molecule has 0 spiro atoms. The minimum absolute atomic E-state index is 0.217. The third-order valence-corrected chi connectivity index (χ3v) is 4.73. The lowest BCUT2D eigenvalue weighted by Gasteiger charge is -2.47. The normalized spacial score (nSPS) is 23.0. The molecule has 0 unspecified atom stereocenters. The predicted octanol–water partition coefficient (Wildman–Crippen LogP) is 3.29. The molecule has 0 aromatic heterocycles. The smallest absolute Gasteiger partial charge is 0.129 e. The molecule has 1 N–H and O–H groups in total. The third-order valence-electron chi connectivity index (χ3n) is 4.73. The third kappa shape index (κ3) is 2.05. The summed E-state index contributed by atoms with van der Waals surface area (Å²) in [4.78, 5) is 0. The highest BCUT2D eigenvalue weighted by molar-refractivity contribution is 5.22. The Bertz CT molecular complexity index is 434. The second kappa shape index (κ2) is 4.61. The Kier molecular flexibility index (Phi) is 3.10. The molecular formula is C15H19F2N. The number of hydrogen-bond acceptors (Lipinski definition) is 1. The number of benzene rings is 1. The summed E-state index contributed by atoms with van der Waals surface area (Å²) in [7, 11) is 0. The van der Waals surface area contributed by atoms with Gasteiger partial charge in [0.15, 0.2) is 0 Å². The van der Waals surface area contributed by atoms with Crippen LogP contribution in [0.1, 0.15) is 31.2 Å². The van der Waals surface area contributed by atoms with Crippen LogP contribution in [0, 0.1) is 23.0 Å². The summed E-state index contributed by atoms with van der Waals surface area (Å²) in [6, 6.07) is 3.98. The summed E-state index contributed by atoms with van der Waals surface area (Å²) in [5, 5.41) is 3.33. The Morgan fingerprint density at radius 3 is 2.44 bits per heavy atom. The fraction of sp³-hybridized carbons (Fsp3) is 0.600. The summed E-state index contributed by atoms with van der Waals surface area (Å²) in [6.45, 7) is 1.96. The molecule has 1 aromatic carbocycles. The van der Waals surface area contributed by atoms with E-state index in [1.807, 2.05) is 0 Å². The van der Waals surface area contributed by atoms with Gasteiger partial charge in [0.05, 0.1) is 0 Å². The Morgan fingerprint density at radius 2 is 1.89 bits per heavy atom. The largest absolute Gasteiger partial charge is 0.315 e. The van der Waals surface area contributed by atoms with E-state index in [4.69, 9.17) is 0 Å². The highest BCUT2D eigenvalue weighted by Crippen LogP contribution is 2.45. The van der Waals surface area contributed by atoms with E-state index in [2.05, 4.69) is 5.32 Å². The van der Waals surface area contributed by atoms with Gasteiger partial charge in [0.2, 0.25) is 0 Å². The fourth-order valence-corrected chi connectivity index (χ4v) is 3.59. The molecule has 1 nitrogen and oxygen atoms in total. The topological polar surface area (TPSA) is 12.0 Å². The summed E-state index contributed by atoms with van der Waals surface area (Å²) in [5.74, 6) is -0.166. The zero-order chi connectivity index (χ0) is 12.6. The van der Waals surface area contributed by atoms with E-state index in [1.165, 1.54) is 31.7 Å². The molecule has 1 saturated heterocycles. The lowest BCUT2D eigenvalue weighted by molar-refractivity contribution is 0.0801. The van der Waals surface area contributed by atoms with Gasteiger partial charge < -0.3 is 5.32 Å². The maximum Gasteiger partial charge on any atom is 0.129 e. The van der Waals surface area contributed by atoms with Gasteiger partial charge in [0.25, 0.3) is 0 Å². The SMILES string of the molecule is Fc1ccc(CC2(C3CCCC3)CNC2)c(F)c1. The van der Waals surface area contributed by atoms with Gasteiger partial charge in [-0.25, -0.2) is 8.78 Å². The van der Waals surface area contributed by atoms with Gasteiger partial charge in [-0.3, -0.25) is 0 Å². The van der Waals surface area contributed by atoms with Crippen molar-refractivity contribution < 1.29 is 8.78 Å². The van der Waals surface area contributed by atoms with E-state index in [-0.39, 0.29) is 11.2 Å². The monoisotopic (exact) mass is 251 g/mol. The number of hydrogen-bond donors (Lipinski definition) is 1. The van der Waals surface area contributed by atoms with E-state index in [1.54, 1.807) is 6.07 Å². The molecule has 2 aliphatic rings. The van der Waals surface area contributed by atoms with Crippen LogP contribution in [0.2, 0.25) is 0 Å². The second-order valence-electron chi connectivity index (χ2n) is 5.86. The van der Waals surface area contributed by atoms with Crippen molar-refractivity contribution in [3.63, 3.8) is 0 Å². The van der Waals surface area contributed by atoms with Crippen molar-refractivity contribution in [3.8, 4) is 0 Å². The first-order chi connectivity index (χ1) is 8.70. The molecule has 1 saturated carbocycles.